The number of nitrogen functional groups attached to an aromatic ring is 1. The van der Waals surface area contributed by atoms with Gasteiger partial charge in [-0.25, -0.2) is 18.4 Å². The van der Waals surface area contributed by atoms with E-state index in [0.717, 1.165) is 4.68 Å². The molecular weight excluding hydrogens is 637 g/mol. The van der Waals surface area contributed by atoms with Crippen molar-refractivity contribution in [2.24, 2.45) is 5.73 Å². The number of halogens is 5. The van der Waals surface area contributed by atoms with Crippen molar-refractivity contribution >= 4 is 23.4 Å². The van der Waals surface area contributed by atoms with Crippen molar-refractivity contribution in [1.29, 1.82) is 5.41 Å². The van der Waals surface area contributed by atoms with Gasteiger partial charge in [-0.2, -0.15) is 17.9 Å². The maximum absolute atomic E-state index is 16.0. The van der Waals surface area contributed by atoms with Gasteiger partial charge in [-0.1, -0.05) is 12.1 Å². The van der Waals surface area contributed by atoms with Gasteiger partial charge in [0.25, 0.3) is 5.91 Å². The molecule has 1 amide bonds. The van der Waals surface area contributed by atoms with E-state index in [-0.39, 0.29) is 34.4 Å². The van der Waals surface area contributed by atoms with Crippen LogP contribution in [0.3, 0.4) is 0 Å². The van der Waals surface area contributed by atoms with Crippen LogP contribution in [0.4, 0.5) is 27.6 Å². The molecule has 1 heterocycles. The molecule has 13 nitrogen and oxygen atoms in total. The van der Waals surface area contributed by atoms with Crippen LogP contribution in [0.2, 0.25) is 0 Å². The number of aromatic amines is 1. The average molecular weight is 666 g/mol. The lowest BCUT2D eigenvalue weighted by Crippen LogP contribution is -2.27. The lowest BCUT2D eigenvalue weighted by Gasteiger charge is -2.21. The molecule has 3 aromatic carbocycles. The summed E-state index contributed by atoms with van der Waals surface area (Å²) in [6, 6.07) is 13.5. The van der Waals surface area contributed by atoms with E-state index >= 15 is 4.39 Å². The highest BCUT2D eigenvalue weighted by Crippen LogP contribution is 2.35. The minimum Gasteiger partial charge on any atom is -0.497 e. The summed E-state index contributed by atoms with van der Waals surface area (Å²) in [6.07, 6.45) is -5.08. The molecule has 18 heteroatoms. The van der Waals surface area contributed by atoms with Crippen LogP contribution in [-0.4, -0.2) is 76.5 Å². The number of benzene rings is 3. The average Bonchev–Trinajstić information content (AvgIpc) is 3.40. The van der Waals surface area contributed by atoms with Crippen LogP contribution in [0, 0.1) is 17.0 Å². The molecule has 0 aliphatic carbocycles. The number of nitrogens with zero attached hydrogens (tertiary/aromatic N) is 3. The molecule has 1 atom stereocenters. The Morgan fingerprint density at radius 1 is 1.13 bits per heavy atom. The van der Waals surface area contributed by atoms with Crippen molar-refractivity contribution in [2.45, 2.75) is 12.2 Å². The number of para-hydroxylation sites is 1. The van der Waals surface area contributed by atoms with E-state index < -0.39 is 48.0 Å². The molecule has 0 radical (unpaired) electrons. The fraction of sp³-hybridized carbons (Fsp3) is 0.207. The van der Waals surface area contributed by atoms with Gasteiger partial charge in [0.05, 0.1) is 7.11 Å². The molecule has 4 rings (SSSR count). The number of nitrogens with two attached hydrogens (primary N) is 1. The minimum absolute atomic E-state index is 0.0447. The third-order valence-corrected chi connectivity index (χ3v) is 6.18. The van der Waals surface area contributed by atoms with Gasteiger partial charge in [0, 0.05) is 37.0 Å². The number of carbonyl (C=O) groups excluding carboxylic acids is 1. The van der Waals surface area contributed by atoms with E-state index in [1.807, 2.05) is 0 Å². The Morgan fingerprint density at radius 2 is 1.74 bits per heavy atom. The molecule has 47 heavy (non-hydrogen) atoms. The van der Waals surface area contributed by atoms with Gasteiger partial charge in [0.15, 0.2) is 24.0 Å². The van der Waals surface area contributed by atoms with Gasteiger partial charge in [0.2, 0.25) is 0 Å². The number of likely N-dealkylation sites (N-methyl/N-ethyl adjacent to an activating group) is 1. The largest absolute Gasteiger partial charge is 0.497 e. The van der Waals surface area contributed by atoms with Crippen molar-refractivity contribution < 1.29 is 46.1 Å². The number of anilines is 1. The summed E-state index contributed by atoms with van der Waals surface area (Å²) in [6.45, 7) is -0.431. The van der Waals surface area contributed by atoms with Crippen LogP contribution in [0.25, 0.3) is 5.69 Å². The molecule has 0 aliphatic rings. The van der Waals surface area contributed by atoms with Gasteiger partial charge < -0.3 is 30.5 Å². The van der Waals surface area contributed by atoms with Crippen molar-refractivity contribution in [3.8, 4) is 17.2 Å². The number of carboxylic acid groups (broad SMARTS) is 1. The number of H-pyrrole nitrogens is 1. The van der Waals surface area contributed by atoms with Crippen LogP contribution in [0.5, 0.6) is 11.5 Å². The number of aliphatic carboxylic acids is 1. The van der Waals surface area contributed by atoms with Gasteiger partial charge in [-0.3, -0.25) is 15.2 Å². The molecule has 4 aromatic rings. The zero-order valence-corrected chi connectivity index (χ0v) is 24.9. The highest BCUT2D eigenvalue weighted by molar-refractivity contribution is 5.95. The predicted molar refractivity (Wildman–Crippen MR) is 158 cm³/mol. The molecule has 1 unspecified atom stereocenters. The number of hydrogen-bond donors (Lipinski definition) is 5. The van der Waals surface area contributed by atoms with Gasteiger partial charge in [0.1, 0.15) is 29.1 Å². The molecule has 0 aliphatic heterocycles. The van der Waals surface area contributed by atoms with Gasteiger partial charge in [-0.05, 0) is 42.5 Å². The first-order valence-corrected chi connectivity index (χ1v) is 13.2. The lowest BCUT2D eigenvalue weighted by atomic mass is 10.0. The second-order valence-corrected chi connectivity index (χ2v) is 9.66. The van der Waals surface area contributed by atoms with Crippen LogP contribution in [0.1, 0.15) is 23.0 Å². The number of ether oxygens (including phenoxy) is 2. The maximum Gasteiger partial charge on any atom is 0.490 e. The van der Waals surface area contributed by atoms with Crippen molar-refractivity contribution in [3.05, 3.63) is 99.7 Å². The van der Waals surface area contributed by atoms with E-state index in [0.29, 0.717) is 11.3 Å². The summed E-state index contributed by atoms with van der Waals surface area (Å²) in [5.74, 6) is -4.91. The first-order valence-electron chi connectivity index (χ1n) is 13.2. The van der Waals surface area contributed by atoms with E-state index in [1.54, 1.807) is 44.4 Å². The number of carboxylic acids is 1. The molecule has 1 aromatic heterocycles. The Morgan fingerprint density at radius 3 is 2.28 bits per heavy atom. The van der Waals surface area contributed by atoms with Crippen molar-refractivity contribution in [3.63, 3.8) is 0 Å². The number of alkyl halides is 3. The molecule has 0 spiro atoms. The summed E-state index contributed by atoms with van der Waals surface area (Å²) in [4.78, 5) is 37.7. The second kappa shape index (κ2) is 14.9. The predicted octanol–water partition coefficient (Wildman–Crippen LogP) is 3.43. The molecular formula is C29H28F5N7O6. The van der Waals surface area contributed by atoms with E-state index in [1.165, 1.54) is 42.3 Å². The molecule has 0 saturated heterocycles. The number of aromatic nitrogens is 3. The molecule has 0 fully saturated rings. The Bertz CT molecular complexity index is 1810. The van der Waals surface area contributed by atoms with Crippen molar-refractivity contribution in [2.75, 3.05) is 33.1 Å². The van der Waals surface area contributed by atoms with Crippen LogP contribution in [0.15, 0.2) is 65.5 Å². The summed E-state index contributed by atoms with van der Waals surface area (Å²) >= 11 is 0. The molecule has 0 bridgehead atoms. The molecule has 250 valence electrons. The highest BCUT2D eigenvalue weighted by Gasteiger charge is 2.38. The number of methoxy groups -OCH3 is 1. The second-order valence-electron chi connectivity index (χ2n) is 9.66. The Balaban J connectivity index is 0.000000771. The van der Waals surface area contributed by atoms with Gasteiger partial charge >= 0.3 is 17.8 Å². The zero-order valence-electron chi connectivity index (χ0n) is 24.9. The normalized spacial score (nSPS) is 11.5. The number of hydrogen-bond acceptors (Lipinski definition) is 8. The van der Waals surface area contributed by atoms with E-state index in [2.05, 4.69) is 15.4 Å². The Hall–Kier alpha value is -5.94. The summed E-state index contributed by atoms with van der Waals surface area (Å²) in [5.41, 5.74) is 5.57. The van der Waals surface area contributed by atoms with E-state index in [9.17, 15) is 27.2 Å². The Kier molecular flexibility index (Phi) is 11.3. The Labute approximate surface area is 262 Å². The fourth-order valence-electron chi connectivity index (χ4n) is 3.76. The summed E-state index contributed by atoms with van der Waals surface area (Å²) in [7, 11) is 4.46. The van der Waals surface area contributed by atoms with Crippen LogP contribution in [-0.2, 0) is 9.59 Å². The topological polar surface area (TPSA) is 189 Å². The zero-order chi connectivity index (χ0) is 35.1. The quantitative estimate of drug-likeness (QED) is 0.0961. The standard InChI is InChI=1S/C27H27F2N7O4.C2HF3O2/c1-35(2)22(37)14-40-21-13-17(39-3)12-18(23(21)29)24(32-16-10-8-15(9-11-16)25(30)31)26-33-27(38)36(34-26)20-7-5-4-6-19(20)28;3-2(4,5)1(6)7/h4-13,24,32H,14H2,1-3H3,(H3,30,31)(H,33,34,38);(H,6,7). The first kappa shape index (κ1) is 35.5. The SMILES string of the molecule is COc1cc(OCC(=O)N(C)C)c(F)c(C(Nc2ccc(C(=N)N)cc2)c2nn(-c3ccccc3F)c(=O)[nH]2)c1.O=C(O)C(F)(F)F. The number of rotatable bonds is 10. The number of amides is 1. The fourth-order valence-corrected chi connectivity index (χ4v) is 3.76. The summed E-state index contributed by atoms with van der Waals surface area (Å²) in [5, 5.41) is 22.1. The maximum atomic E-state index is 16.0. The molecule has 0 saturated carbocycles. The van der Waals surface area contributed by atoms with Crippen LogP contribution < -0.4 is 26.2 Å². The summed E-state index contributed by atoms with van der Waals surface area (Å²) < 4.78 is 73.8. The van der Waals surface area contributed by atoms with Gasteiger partial charge in [-0.15, -0.1) is 5.10 Å². The lowest BCUT2D eigenvalue weighted by molar-refractivity contribution is -0.192. The molecule has 6 N–H and O–H groups in total. The smallest absolute Gasteiger partial charge is 0.490 e. The first-order chi connectivity index (χ1) is 22.0. The van der Waals surface area contributed by atoms with Crippen LogP contribution >= 0.6 is 0 Å². The highest BCUT2D eigenvalue weighted by atomic mass is 19.4. The van der Waals surface area contributed by atoms with E-state index in [4.69, 9.17) is 30.5 Å². The number of nitrogens with one attached hydrogen (secondary N) is 3. The monoisotopic (exact) mass is 665 g/mol. The third kappa shape index (κ3) is 9.05. The number of amidine groups is 1. The minimum atomic E-state index is -5.08. The van der Waals surface area contributed by atoms with Crippen molar-refractivity contribution in [1.82, 2.24) is 19.7 Å². The third-order valence-electron chi connectivity index (χ3n) is 6.18. The number of carbonyl (C=O) groups is 2.